The number of hydrogen-bond acceptors (Lipinski definition) is 5. The molecule has 1 aromatic carbocycles. The zero-order valence-corrected chi connectivity index (χ0v) is 17.0. The highest BCUT2D eigenvalue weighted by Gasteiger charge is 2.30. The summed E-state index contributed by atoms with van der Waals surface area (Å²) in [5.74, 6) is -0.776. The van der Waals surface area contributed by atoms with E-state index in [4.69, 9.17) is 9.47 Å². The number of hydrogen-bond donors (Lipinski definition) is 2. The fraction of sp³-hybridized carbons (Fsp3) is 0.571. The van der Waals surface area contributed by atoms with Crippen molar-refractivity contribution in [2.75, 3.05) is 7.05 Å². The molecule has 2 atom stereocenters. The Hall–Kier alpha value is -2.57. The maximum atomic E-state index is 12.7. The number of ether oxygens (including phenoxy) is 2. The molecule has 1 aliphatic carbocycles. The molecule has 0 heterocycles. The zero-order valence-electron chi connectivity index (χ0n) is 17.0. The fourth-order valence-electron chi connectivity index (χ4n) is 3.18. The van der Waals surface area contributed by atoms with E-state index in [-0.39, 0.29) is 11.9 Å². The van der Waals surface area contributed by atoms with Gasteiger partial charge in [-0.25, -0.2) is 9.59 Å². The molecule has 1 fully saturated rings. The van der Waals surface area contributed by atoms with E-state index in [1.54, 1.807) is 39.0 Å². The minimum absolute atomic E-state index is 0.270. The summed E-state index contributed by atoms with van der Waals surface area (Å²) in [5.41, 5.74) is 0.101. The number of nitrogens with one attached hydrogen (secondary N) is 2. The van der Waals surface area contributed by atoms with Crippen molar-refractivity contribution in [2.24, 2.45) is 0 Å². The van der Waals surface area contributed by atoms with Gasteiger partial charge in [-0.05, 0) is 58.2 Å². The Labute approximate surface area is 166 Å². The van der Waals surface area contributed by atoms with E-state index in [9.17, 15) is 14.4 Å². The molecule has 154 valence electrons. The standard InChI is InChI=1S/C21H30N2O5/c1-21(2,3)28-20(26)23-16-11-6-5-7-12-17(16)27-19(25)15-10-8-9-14(13-15)18(24)22-4/h8-10,13,16-17H,5-7,11-12H2,1-4H3,(H,22,24)(H,23,26)/t16-,17-/m0/s1. The van der Waals surface area contributed by atoms with Crippen LogP contribution in [-0.4, -0.2) is 42.8 Å². The molecule has 2 amide bonds. The van der Waals surface area contributed by atoms with Gasteiger partial charge in [0, 0.05) is 12.6 Å². The summed E-state index contributed by atoms with van der Waals surface area (Å²) < 4.78 is 11.1. The van der Waals surface area contributed by atoms with E-state index < -0.39 is 23.8 Å². The molecule has 0 spiro atoms. The van der Waals surface area contributed by atoms with E-state index in [1.807, 2.05) is 0 Å². The average Bonchev–Trinajstić information content (AvgIpc) is 2.84. The summed E-state index contributed by atoms with van der Waals surface area (Å²) in [6.45, 7) is 5.41. The lowest BCUT2D eigenvalue weighted by atomic mass is 10.1. The van der Waals surface area contributed by atoms with Crippen LogP contribution in [0.15, 0.2) is 24.3 Å². The monoisotopic (exact) mass is 390 g/mol. The molecule has 2 N–H and O–H groups in total. The highest BCUT2D eigenvalue weighted by atomic mass is 16.6. The van der Waals surface area contributed by atoms with E-state index in [2.05, 4.69) is 10.6 Å². The quantitative estimate of drug-likeness (QED) is 0.607. The largest absolute Gasteiger partial charge is 0.457 e. The first kappa shape index (κ1) is 21.7. The van der Waals surface area contributed by atoms with Crippen molar-refractivity contribution >= 4 is 18.0 Å². The Bertz CT molecular complexity index is 711. The van der Waals surface area contributed by atoms with E-state index >= 15 is 0 Å². The summed E-state index contributed by atoms with van der Waals surface area (Å²) in [6.07, 6.45) is 3.32. The van der Waals surface area contributed by atoms with Gasteiger partial charge < -0.3 is 20.1 Å². The molecular formula is C21H30N2O5. The summed E-state index contributed by atoms with van der Waals surface area (Å²) in [7, 11) is 1.53. The number of benzene rings is 1. The summed E-state index contributed by atoms with van der Waals surface area (Å²) in [6, 6.07) is 6.10. The summed E-state index contributed by atoms with van der Waals surface area (Å²) >= 11 is 0. The topological polar surface area (TPSA) is 93.7 Å². The fourth-order valence-corrected chi connectivity index (χ4v) is 3.18. The lowest BCUT2D eigenvalue weighted by Gasteiger charge is -2.28. The molecule has 1 saturated carbocycles. The lowest BCUT2D eigenvalue weighted by molar-refractivity contribution is 0.0122. The summed E-state index contributed by atoms with van der Waals surface area (Å²) in [5, 5.41) is 5.39. The molecule has 1 aromatic rings. The van der Waals surface area contributed by atoms with Crippen LogP contribution in [0.5, 0.6) is 0 Å². The van der Waals surface area contributed by atoms with E-state index in [0.29, 0.717) is 17.5 Å². The Morgan fingerprint density at radius 3 is 2.39 bits per heavy atom. The molecule has 7 heteroatoms. The zero-order chi connectivity index (χ0) is 20.7. The van der Waals surface area contributed by atoms with Gasteiger partial charge in [0.2, 0.25) is 0 Å². The van der Waals surface area contributed by atoms with E-state index in [0.717, 1.165) is 25.7 Å². The van der Waals surface area contributed by atoms with Crippen LogP contribution in [-0.2, 0) is 9.47 Å². The minimum atomic E-state index is -0.596. The van der Waals surface area contributed by atoms with Crippen molar-refractivity contribution < 1.29 is 23.9 Å². The molecule has 1 aliphatic rings. The number of alkyl carbamates (subject to hydrolysis) is 1. The first-order valence-corrected chi connectivity index (χ1v) is 9.72. The van der Waals surface area contributed by atoms with Gasteiger partial charge in [-0.3, -0.25) is 4.79 Å². The van der Waals surface area contributed by atoms with Crippen molar-refractivity contribution in [1.29, 1.82) is 0 Å². The van der Waals surface area contributed by atoms with Gasteiger partial charge in [0.05, 0.1) is 11.6 Å². The maximum Gasteiger partial charge on any atom is 0.408 e. The summed E-state index contributed by atoms with van der Waals surface area (Å²) in [4.78, 5) is 36.6. The first-order chi connectivity index (χ1) is 13.2. The number of carbonyl (C=O) groups excluding carboxylic acids is 3. The van der Waals surface area contributed by atoms with Crippen molar-refractivity contribution in [3.63, 3.8) is 0 Å². The molecule has 0 aliphatic heterocycles. The maximum absolute atomic E-state index is 12.7. The second kappa shape index (κ2) is 9.57. The van der Waals surface area contributed by atoms with Crippen LogP contribution in [0.1, 0.15) is 73.6 Å². The molecule has 28 heavy (non-hydrogen) atoms. The highest BCUT2D eigenvalue weighted by molar-refractivity contribution is 5.97. The van der Waals surface area contributed by atoms with Crippen molar-refractivity contribution in [3.8, 4) is 0 Å². The third kappa shape index (κ3) is 6.55. The number of carbonyl (C=O) groups is 3. The van der Waals surface area contributed by atoms with Crippen LogP contribution in [0, 0.1) is 0 Å². The third-order valence-electron chi connectivity index (χ3n) is 4.50. The smallest absolute Gasteiger partial charge is 0.408 e. The minimum Gasteiger partial charge on any atom is -0.457 e. The number of amides is 2. The normalized spacial score (nSPS) is 19.9. The molecule has 0 unspecified atom stereocenters. The van der Waals surface area contributed by atoms with Gasteiger partial charge >= 0.3 is 12.1 Å². The van der Waals surface area contributed by atoms with Gasteiger partial charge in [-0.1, -0.05) is 18.9 Å². The molecular weight excluding hydrogens is 360 g/mol. The van der Waals surface area contributed by atoms with Crippen LogP contribution in [0.4, 0.5) is 4.79 Å². The Morgan fingerprint density at radius 1 is 1.04 bits per heavy atom. The Morgan fingerprint density at radius 2 is 1.71 bits per heavy atom. The predicted octanol–water partition coefficient (Wildman–Crippen LogP) is 3.43. The lowest BCUT2D eigenvalue weighted by Crippen LogP contribution is -2.46. The molecule has 0 bridgehead atoms. The molecule has 0 aromatic heterocycles. The SMILES string of the molecule is CNC(=O)c1cccc(C(=O)O[C@H]2CCCCC[C@@H]2NC(=O)OC(C)(C)C)c1. The Kier molecular flexibility index (Phi) is 7.43. The molecule has 0 radical (unpaired) electrons. The molecule has 7 nitrogen and oxygen atoms in total. The number of rotatable bonds is 4. The van der Waals surface area contributed by atoms with Gasteiger partial charge in [0.25, 0.3) is 5.91 Å². The van der Waals surface area contributed by atoms with Crippen LogP contribution in [0.25, 0.3) is 0 Å². The first-order valence-electron chi connectivity index (χ1n) is 9.72. The van der Waals surface area contributed by atoms with Crippen molar-refractivity contribution in [1.82, 2.24) is 10.6 Å². The van der Waals surface area contributed by atoms with Gasteiger partial charge in [0.1, 0.15) is 11.7 Å². The van der Waals surface area contributed by atoms with Crippen LogP contribution in [0.3, 0.4) is 0 Å². The second-order valence-corrected chi connectivity index (χ2v) is 7.99. The highest BCUT2D eigenvalue weighted by Crippen LogP contribution is 2.23. The second-order valence-electron chi connectivity index (χ2n) is 7.99. The van der Waals surface area contributed by atoms with Crippen LogP contribution < -0.4 is 10.6 Å². The van der Waals surface area contributed by atoms with Crippen molar-refractivity contribution in [2.45, 2.75) is 70.6 Å². The molecule has 2 rings (SSSR count). The van der Waals surface area contributed by atoms with Gasteiger partial charge in [0.15, 0.2) is 0 Å². The van der Waals surface area contributed by atoms with E-state index in [1.165, 1.54) is 13.1 Å². The van der Waals surface area contributed by atoms with Gasteiger partial charge in [-0.2, -0.15) is 0 Å². The van der Waals surface area contributed by atoms with Crippen LogP contribution >= 0.6 is 0 Å². The third-order valence-corrected chi connectivity index (χ3v) is 4.50. The van der Waals surface area contributed by atoms with Gasteiger partial charge in [-0.15, -0.1) is 0 Å². The number of esters is 1. The van der Waals surface area contributed by atoms with Crippen LogP contribution in [0.2, 0.25) is 0 Å². The average molecular weight is 390 g/mol. The van der Waals surface area contributed by atoms with Crippen molar-refractivity contribution in [3.05, 3.63) is 35.4 Å². The Balaban J connectivity index is 2.08. The molecule has 0 saturated heterocycles. The predicted molar refractivity (Wildman–Crippen MR) is 105 cm³/mol.